The fourth-order valence-electron chi connectivity index (χ4n) is 5.73. The molecule has 2 aromatic heterocycles. The molecule has 0 radical (unpaired) electrons. The second-order valence-electron chi connectivity index (χ2n) is 9.50. The van der Waals surface area contributed by atoms with Gasteiger partial charge < -0.3 is 10.2 Å². The number of nitrogens with zero attached hydrogens (tertiary/aromatic N) is 4. The molecule has 4 heterocycles. The number of para-hydroxylation sites is 1. The summed E-state index contributed by atoms with van der Waals surface area (Å²) in [5.74, 6) is -0.483. The molecular formula is C25H20N6O4. The SMILES string of the molecule is CN1C(=O)NC(=O)C12Cc1cc3ccc(Cn4c(=O)n5c6c(cccc64)NC(=O)C5)nc3cc1C2. The van der Waals surface area contributed by atoms with E-state index >= 15 is 0 Å². The van der Waals surface area contributed by atoms with Gasteiger partial charge in [0.1, 0.15) is 12.1 Å². The molecule has 1 aliphatic carbocycles. The number of carbonyl (C=O) groups is 3. The van der Waals surface area contributed by atoms with Gasteiger partial charge in [0.2, 0.25) is 5.91 Å². The maximum absolute atomic E-state index is 13.2. The average Bonchev–Trinajstić information content (AvgIpc) is 3.41. The Hall–Kier alpha value is -4.47. The first-order valence-electron chi connectivity index (χ1n) is 11.4. The zero-order valence-electron chi connectivity index (χ0n) is 18.8. The quantitative estimate of drug-likeness (QED) is 0.431. The van der Waals surface area contributed by atoms with E-state index in [-0.39, 0.29) is 36.6 Å². The van der Waals surface area contributed by atoms with Crippen molar-refractivity contribution in [2.45, 2.75) is 31.5 Å². The van der Waals surface area contributed by atoms with Gasteiger partial charge in [-0.25, -0.2) is 9.59 Å². The van der Waals surface area contributed by atoms with E-state index in [1.54, 1.807) is 17.7 Å². The molecule has 35 heavy (non-hydrogen) atoms. The molecule has 0 bridgehead atoms. The Morgan fingerprint density at radius 2 is 1.80 bits per heavy atom. The first kappa shape index (κ1) is 20.0. The van der Waals surface area contributed by atoms with Crippen LogP contribution < -0.4 is 16.3 Å². The van der Waals surface area contributed by atoms with Crippen LogP contribution in [0.4, 0.5) is 10.5 Å². The summed E-state index contributed by atoms with van der Waals surface area (Å²) in [6.07, 6.45) is 0.910. The molecule has 10 heteroatoms. The van der Waals surface area contributed by atoms with E-state index in [0.717, 1.165) is 33.1 Å². The number of imide groups is 1. The highest BCUT2D eigenvalue weighted by atomic mass is 16.2. The number of urea groups is 1. The summed E-state index contributed by atoms with van der Waals surface area (Å²) in [5.41, 5.74) is 4.46. The Morgan fingerprint density at radius 3 is 2.57 bits per heavy atom. The number of benzene rings is 2. The molecule has 7 rings (SSSR count). The van der Waals surface area contributed by atoms with Crippen LogP contribution in [0, 0.1) is 0 Å². The van der Waals surface area contributed by atoms with Crippen molar-refractivity contribution in [3.8, 4) is 0 Å². The van der Waals surface area contributed by atoms with E-state index in [1.807, 2.05) is 36.4 Å². The summed E-state index contributed by atoms with van der Waals surface area (Å²) in [6, 6.07) is 13.0. The van der Waals surface area contributed by atoms with Crippen LogP contribution in [0.2, 0.25) is 0 Å². The predicted molar refractivity (Wildman–Crippen MR) is 127 cm³/mol. The van der Waals surface area contributed by atoms with Gasteiger partial charge in [0.25, 0.3) is 5.91 Å². The summed E-state index contributed by atoms with van der Waals surface area (Å²) in [4.78, 5) is 56.2. The van der Waals surface area contributed by atoms with Crippen LogP contribution in [-0.4, -0.2) is 49.5 Å². The minimum atomic E-state index is -0.885. The first-order chi connectivity index (χ1) is 16.8. The van der Waals surface area contributed by atoms with Gasteiger partial charge in [0.05, 0.1) is 34.5 Å². The zero-order chi connectivity index (χ0) is 24.1. The highest BCUT2D eigenvalue weighted by Gasteiger charge is 2.54. The summed E-state index contributed by atoms with van der Waals surface area (Å²) in [7, 11) is 1.65. The highest BCUT2D eigenvalue weighted by molar-refractivity contribution is 6.08. The molecule has 1 saturated heterocycles. The Kier molecular flexibility index (Phi) is 3.74. The van der Waals surface area contributed by atoms with Crippen molar-refractivity contribution in [3.05, 3.63) is 69.8 Å². The van der Waals surface area contributed by atoms with Crippen molar-refractivity contribution >= 4 is 45.5 Å². The van der Waals surface area contributed by atoms with Crippen LogP contribution in [-0.2, 0) is 35.5 Å². The number of carbonyl (C=O) groups excluding carboxylic acids is 3. The Morgan fingerprint density at radius 1 is 1.00 bits per heavy atom. The fraction of sp³-hybridized carbons (Fsp3) is 0.240. The number of pyridine rings is 1. The van der Waals surface area contributed by atoms with E-state index in [1.165, 1.54) is 9.47 Å². The number of nitrogens with one attached hydrogen (secondary N) is 2. The summed E-state index contributed by atoms with van der Waals surface area (Å²) >= 11 is 0. The third-order valence-corrected chi connectivity index (χ3v) is 7.56. The number of fused-ring (bicyclic) bond motifs is 2. The van der Waals surface area contributed by atoms with Gasteiger partial charge in [-0.1, -0.05) is 12.1 Å². The van der Waals surface area contributed by atoms with Gasteiger partial charge in [-0.15, -0.1) is 0 Å². The minimum Gasteiger partial charge on any atom is -0.323 e. The lowest BCUT2D eigenvalue weighted by molar-refractivity contribution is -0.125. The van der Waals surface area contributed by atoms with E-state index in [0.29, 0.717) is 24.2 Å². The molecule has 4 aromatic rings. The number of hydrogen-bond acceptors (Lipinski definition) is 5. The van der Waals surface area contributed by atoms with Crippen LogP contribution in [0.15, 0.2) is 47.3 Å². The highest BCUT2D eigenvalue weighted by Crippen LogP contribution is 2.38. The molecule has 2 N–H and O–H groups in total. The predicted octanol–water partition coefficient (Wildman–Crippen LogP) is 1.37. The van der Waals surface area contributed by atoms with Gasteiger partial charge in [-0.2, -0.15) is 0 Å². The topological polar surface area (TPSA) is 118 Å². The van der Waals surface area contributed by atoms with Crippen LogP contribution in [0.3, 0.4) is 0 Å². The maximum atomic E-state index is 13.2. The summed E-state index contributed by atoms with van der Waals surface area (Å²) in [5, 5.41) is 6.18. The van der Waals surface area contributed by atoms with E-state index in [9.17, 15) is 19.2 Å². The van der Waals surface area contributed by atoms with Crippen molar-refractivity contribution in [2.75, 3.05) is 12.4 Å². The molecule has 2 aromatic carbocycles. The molecule has 174 valence electrons. The lowest BCUT2D eigenvalue weighted by Crippen LogP contribution is -2.48. The Balaban J connectivity index is 1.28. The van der Waals surface area contributed by atoms with E-state index < -0.39 is 5.54 Å². The monoisotopic (exact) mass is 468 g/mol. The fourth-order valence-corrected chi connectivity index (χ4v) is 5.73. The average molecular weight is 468 g/mol. The summed E-state index contributed by atoms with van der Waals surface area (Å²) in [6.45, 7) is 0.249. The van der Waals surface area contributed by atoms with Gasteiger partial charge in [0, 0.05) is 25.3 Å². The number of rotatable bonds is 2. The number of aromatic nitrogens is 3. The van der Waals surface area contributed by atoms with Crippen molar-refractivity contribution in [2.24, 2.45) is 0 Å². The number of amides is 4. The number of hydrogen-bond donors (Lipinski definition) is 2. The van der Waals surface area contributed by atoms with E-state index in [2.05, 4.69) is 10.6 Å². The van der Waals surface area contributed by atoms with Crippen LogP contribution in [0.25, 0.3) is 21.9 Å². The van der Waals surface area contributed by atoms with Gasteiger partial charge in [-0.3, -0.25) is 29.0 Å². The molecule has 1 fully saturated rings. The lowest BCUT2D eigenvalue weighted by atomic mass is 9.95. The van der Waals surface area contributed by atoms with Crippen LogP contribution in [0.1, 0.15) is 16.8 Å². The number of anilines is 1. The largest absolute Gasteiger partial charge is 0.330 e. The van der Waals surface area contributed by atoms with Gasteiger partial charge in [0.15, 0.2) is 0 Å². The van der Waals surface area contributed by atoms with Crippen molar-refractivity contribution in [3.63, 3.8) is 0 Å². The third kappa shape index (κ3) is 2.61. The first-order valence-corrected chi connectivity index (χ1v) is 11.4. The number of likely N-dealkylation sites (N-methyl/N-ethyl adjacent to an activating group) is 1. The van der Waals surface area contributed by atoms with E-state index in [4.69, 9.17) is 4.98 Å². The Labute approximate surface area is 198 Å². The van der Waals surface area contributed by atoms with Crippen molar-refractivity contribution in [1.29, 1.82) is 0 Å². The standard InChI is InChI=1S/C25H20N6O4/c1-29-23(34)28-22(33)25(29)9-14-7-13-5-6-16(26-18(13)8-15(14)10-25)11-30-19-4-2-3-17-21(19)31(24(30)35)12-20(32)27-17/h2-8H,9-12H2,1H3,(H,27,32)(H,28,33,34). The molecule has 1 atom stereocenters. The second kappa shape index (κ2) is 6.56. The molecular weight excluding hydrogens is 448 g/mol. The number of imidazole rings is 1. The zero-order valence-corrected chi connectivity index (χ0v) is 18.8. The van der Waals surface area contributed by atoms with Crippen molar-refractivity contribution < 1.29 is 14.4 Å². The molecule has 0 saturated carbocycles. The normalized spacial score (nSPS) is 20.7. The van der Waals surface area contributed by atoms with Crippen LogP contribution >= 0.6 is 0 Å². The van der Waals surface area contributed by atoms with Gasteiger partial charge >= 0.3 is 11.7 Å². The van der Waals surface area contributed by atoms with Crippen molar-refractivity contribution in [1.82, 2.24) is 24.3 Å². The summed E-state index contributed by atoms with van der Waals surface area (Å²) < 4.78 is 3.14. The molecule has 3 aliphatic rings. The minimum absolute atomic E-state index is 0.0110. The molecule has 1 spiro atoms. The maximum Gasteiger partial charge on any atom is 0.330 e. The molecule has 1 unspecified atom stereocenters. The molecule has 10 nitrogen and oxygen atoms in total. The molecule has 4 amide bonds. The third-order valence-electron chi connectivity index (χ3n) is 7.56. The van der Waals surface area contributed by atoms with Gasteiger partial charge in [-0.05, 0) is 41.5 Å². The lowest BCUT2D eigenvalue weighted by Gasteiger charge is -2.27. The molecule has 2 aliphatic heterocycles. The second-order valence-corrected chi connectivity index (χ2v) is 9.50. The smallest absolute Gasteiger partial charge is 0.323 e. The Bertz CT molecular complexity index is 1720. The van der Waals surface area contributed by atoms with Crippen LogP contribution in [0.5, 0.6) is 0 Å².